The average molecular weight is 270 g/mol. The van der Waals surface area contributed by atoms with Gasteiger partial charge in [0.2, 0.25) is 5.89 Å². The maximum Gasteiger partial charge on any atom is 0.315 e. The fraction of sp³-hybridized carbons (Fsp3) is 0.750. The number of nitrogens with one attached hydrogen (secondary N) is 2. The van der Waals surface area contributed by atoms with Gasteiger partial charge in [-0.05, 0) is 13.3 Å². The summed E-state index contributed by atoms with van der Waals surface area (Å²) in [6.45, 7) is 8.22. The third-order valence-electron chi connectivity index (χ3n) is 2.36. The number of aliphatic hydroxyl groups excluding tert-OH is 1. The minimum Gasteiger partial charge on any atom is -0.393 e. The molecule has 1 rings (SSSR count). The highest BCUT2D eigenvalue weighted by Crippen LogP contribution is 2.19. The molecule has 0 aromatic carbocycles. The van der Waals surface area contributed by atoms with Crippen LogP contribution >= 0.6 is 0 Å². The molecule has 3 N–H and O–H groups in total. The van der Waals surface area contributed by atoms with Gasteiger partial charge in [-0.15, -0.1) is 0 Å². The van der Waals surface area contributed by atoms with Crippen molar-refractivity contribution in [3.8, 4) is 0 Å². The first-order valence-electron chi connectivity index (χ1n) is 6.32. The lowest BCUT2D eigenvalue weighted by Gasteiger charge is -2.10. The van der Waals surface area contributed by atoms with Crippen molar-refractivity contribution in [3.63, 3.8) is 0 Å². The molecule has 0 spiro atoms. The number of aliphatic hydroxyl groups is 1. The van der Waals surface area contributed by atoms with Gasteiger partial charge < -0.3 is 20.3 Å². The lowest BCUT2D eigenvalue weighted by molar-refractivity contribution is 0.183. The summed E-state index contributed by atoms with van der Waals surface area (Å²) >= 11 is 0. The van der Waals surface area contributed by atoms with Crippen LogP contribution in [0.4, 0.5) is 4.79 Å². The summed E-state index contributed by atoms with van der Waals surface area (Å²) in [6.07, 6.45) is 0.0934. The third kappa shape index (κ3) is 5.69. The smallest absolute Gasteiger partial charge is 0.315 e. The first-order valence-corrected chi connectivity index (χ1v) is 6.32. The fourth-order valence-corrected chi connectivity index (χ4v) is 1.25. The zero-order valence-electron chi connectivity index (χ0n) is 11.9. The molecule has 0 fully saturated rings. The molecule has 1 aromatic heterocycles. The van der Waals surface area contributed by atoms with Crippen molar-refractivity contribution >= 4 is 6.03 Å². The van der Waals surface area contributed by atoms with Gasteiger partial charge in [-0.3, -0.25) is 0 Å². The highest BCUT2D eigenvalue weighted by Gasteiger charge is 2.21. The van der Waals surface area contributed by atoms with Crippen LogP contribution in [0.2, 0.25) is 0 Å². The highest BCUT2D eigenvalue weighted by atomic mass is 16.5. The number of hydrogen-bond acceptors (Lipinski definition) is 5. The normalized spacial score (nSPS) is 13.1. The van der Waals surface area contributed by atoms with Crippen molar-refractivity contribution in [2.75, 3.05) is 6.54 Å². The van der Waals surface area contributed by atoms with Crippen LogP contribution in [0.1, 0.15) is 45.8 Å². The van der Waals surface area contributed by atoms with E-state index in [-0.39, 0.29) is 18.0 Å². The summed E-state index contributed by atoms with van der Waals surface area (Å²) in [6, 6.07) is -0.317. The van der Waals surface area contributed by atoms with Crippen molar-refractivity contribution in [1.82, 2.24) is 20.8 Å². The Balaban J connectivity index is 2.32. The molecule has 0 aliphatic carbocycles. The van der Waals surface area contributed by atoms with E-state index in [1.54, 1.807) is 6.92 Å². The molecule has 0 saturated carbocycles. The Morgan fingerprint density at radius 3 is 2.63 bits per heavy atom. The second kappa shape index (κ2) is 6.51. The van der Waals surface area contributed by atoms with Gasteiger partial charge in [0.25, 0.3) is 0 Å². The average Bonchev–Trinajstić information content (AvgIpc) is 2.74. The fourth-order valence-electron chi connectivity index (χ4n) is 1.25. The number of rotatable bonds is 5. The minimum absolute atomic E-state index is 0.204. The molecule has 1 atom stereocenters. The summed E-state index contributed by atoms with van der Waals surface area (Å²) in [5, 5.41) is 18.1. The topological polar surface area (TPSA) is 100 Å². The lowest BCUT2D eigenvalue weighted by Crippen LogP contribution is -2.36. The van der Waals surface area contributed by atoms with Crippen LogP contribution in [0.25, 0.3) is 0 Å². The summed E-state index contributed by atoms with van der Waals surface area (Å²) in [7, 11) is 0. The Bertz CT molecular complexity index is 409. The van der Waals surface area contributed by atoms with Gasteiger partial charge in [0.15, 0.2) is 5.82 Å². The number of hydrogen-bond donors (Lipinski definition) is 3. The van der Waals surface area contributed by atoms with Crippen LogP contribution in [-0.4, -0.2) is 33.9 Å². The lowest BCUT2D eigenvalue weighted by atomic mass is 9.97. The summed E-state index contributed by atoms with van der Waals surface area (Å²) in [5.74, 6) is 0.981. The van der Waals surface area contributed by atoms with E-state index in [0.29, 0.717) is 24.7 Å². The van der Waals surface area contributed by atoms with Crippen LogP contribution in [0, 0.1) is 0 Å². The molecule has 7 heteroatoms. The molecule has 0 aliphatic heterocycles. The molecule has 1 unspecified atom stereocenters. The maximum absolute atomic E-state index is 11.4. The van der Waals surface area contributed by atoms with Crippen molar-refractivity contribution in [2.24, 2.45) is 0 Å². The van der Waals surface area contributed by atoms with Gasteiger partial charge in [-0.25, -0.2) is 4.79 Å². The summed E-state index contributed by atoms with van der Waals surface area (Å²) in [5.41, 5.74) is -0.204. The van der Waals surface area contributed by atoms with E-state index in [9.17, 15) is 4.79 Å². The third-order valence-corrected chi connectivity index (χ3v) is 2.36. The quantitative estimate of drug-likeness (QED) is 0.739. The maximum atomic E-state index is 11.4. The number of carbonyl (C=O) groups excluding carboxylic acids is 1. The predicted octanol–water partition coefficient (Wildman–Crippen LogP) is 0.937. The monoisotopic (exact) mass is 270 g/mol. The van der Waals surface area contributed by atoms with Crippen LogP contribution in [0.5, 0.6) is 0 Å². The molecule has 7 nitrogen and oxygen atoms in total. The van der Waals surface area contributed by atoms with Crippen LogP contribution in [0.3, 0.4) is 0 Å². The molecule has 1 aromatic rings. The molecule has 0 aliphatic rings. The van der Waals surface area contributed by atoms with Crippen molar-refractivity contribution in [3.05, 3.63) is 11.7 Å². The van der Waals surface area contributed by atoms with Crippen molar-refractivity contribution < 1.29 is 14.4 Å². The molecular weight excluding hydrogens is 248 g/mol. The standard InChI is InChI=1S/C12H22N4O3/c1-8(17)5-6-13-11(18)14-7-9-15-10(19-16-9)12(2,3)4/h8,17H,5-7H2,1-4H3,(H2,13,14,18). The molecule has 0 bridgehead atoms. The van der Waals surface area contributed by atoms with Crippen LogP contribution in [0.15, 0.2) is 4.52 Å². The van der Waals surface area contributed by atoms with E-state index in [1.165, 1.54) is 0 Å². The Morgan fingerprint density at radius 1 is 1.42 bits per heavy atom. The van der Waals surface area contributed by atoms with Gasteiger partial charge in [-0.2, -0.15) is 4.98 Å². The van der Waals surface area contributed by atoms with Crippen LogP contribution < -0.4 is 10.6 Å². The van der Waals surface area contributed by atoms with Gasteiger partial charge >= 0.3 is 6.03 Å². The molecule has 1 heterocycles. The first kappa shape index (κ1) is 15.4. The van der Waals surface area contributed by atoms with E-state index >= 15 is 0 Å². The van der Waals surface area contributed by atoms with E-state index in [4.69, 9.17) is 9.63 Å². The number of aromatic nitrogens is 2. The van der Waals surface area contributed by atoms with Gasteiger partial charge in [-0.1, -0.05) is 25.9 Å². The Labute approximate surface area is 112 Å². The molecule has 19 heavy (non-hydrogen) atoms. The van der Waals surface area contributed by atoms with Gasteiger partial charge in [0, 0.05) is 12.0 Å². The number of amides is 2. The van der Waals surface area contributed by atoms with E-state index in [2.05, 4.69) is 20.8 Å². The summed E-state index contributed by atoms with van der Waals surface area (Å²) in [4.78, 5) is 15.6. The van der Waals surface area contributed by atoms with E-state index in [0.717, 1.165) is 0 Å². The summed E-state index contributed by atoms with van der Waals surface area (Å²) < 4.78 is 5.11. The van der Waals surface area contributed by atoms with Gasteiger partial charge in [0.05, 0.1) is 12.6 Å². The minimum atomic E-state index is -0.424. The zero-order valence-corrected chi connectivity index (χ0v) is 11.9. The molecule has 0 saturated heterocycles. The van der Waals surface area contributed by atoms with E-state index < -0.39 is 6.10 Å². The van der Waals surface area contributed by atoms with Crippen LogP contribution in [-0.2, 0) is 12.0 Å². The van der Waals surface area contributed by atoms with E-state index in [1.807, 2.05) is 20.8 Å². The highest BCUT2D eigenvalue weighted by molar-refractivity contribution is 5.73. The first-order chi connectivity index (χ1) is 8.79. The second-order valence-electron chi connectivity index (χ2n) is 5.51. The van der Waals surface area contributed by atoms with Gasteiger partial charge in [0.1, 0.15) is 0 Å². The molecular formula is C12H22N4O3. The number of nitrogens with zero attached hydrogens (tertiary/aromatic N) is 2. The van der Waals surface area contributed by atoms with Crippen molar-refractivity contribution in [1.29, 1.82) is 0 Å². The molecule has 2 amide bonds. The van der Waals surface area contributed by atoms with Crippen molar-refractivity contribution in [2.45, 2.75) is 52.2 Å². The number of carbonyl (C=O) groups is 1. The number of urea groups is 1. The second-order valence-corrected chi connectivity index (χ2v) is 5.51. The predicted molar refractivity (Wildman–Crippen MR) is 69.5 cm³/mol. The zero-order chi connectivity index (χ0) is 14.5. The Morgan fingerprint density at radius 2 is 2.11 bits per heavy atom. The Kier molecular flexibility index (Phi) is 5.29. The molecule has 0 radical (unpaired) electrons. The Hall–Kier alpha value is -1.63. The SMILES string of the molecule is CC(O)CCNC(=O)NCc1noc(C(C)(C)C)n1. The largest absolute Gasteiger partial charge is 0.393 e. The molecule has 108 valence electrons.